The van der Waals surface area contributed by atoms with Crippen LogP contribution < -0.4 is 5.32 Å². The summed E-state index contributed by atoms with van der Waals surface area (Å²) in [5.41, 5.74) is -1.13. The number of alkyl halides is 6. The first-order chi connectivity index (χ1) is 8.59. The number of rotatable bonds is 4. The smallest absolute Gasteiger partial charge is 0.385 e. The van der Waals surface area contributed by atoms with Crippen LogP contribution >= 0.6 is 15.9 Å². The van der Waals surface area contributed by atoms with Crippen molar-refractivity contribution in [2.75, 3.05) is 11.9 Å². The fraction of sp³-hybridized carbons (Fsp3) is 0.455. The zero-order valence-electron chi connectivity index (χ0n) is 9.50. The Morgan fingerprint density at radius 3 is 2.21 bits per heavy atom. The second-order valence-corrected chi connectivity index (χ2v) is 4.75. The van der Waals surface area contributed by atoms with Crippen LogP contribution in [0.3, 0.4) is 0 Å². The largest absolute Gasteiger partial charge is 0.418 e. The molecule has 8 heteroatoms. The van der Waals surface area contributed by atoms with Crippen molar-refractivity contribution in [3.05, 3.63) is 28.2 Å². The standard InChI is InChI=1S/C11H10BrF6N/c12-7-2-3-8(11(16,17)18)9(6-7)19-5-1-4-10(13,14)15/h2-3,6,19H,1,4-5H2. The Bertz CT molecular complexity index is 426. The van der Waals surface area contributed by atoms with E-state index in [4.69, 9.17) is 0 Å². The minimum Gasteiger partial charge on any atom is -0.385 e. The zero-order valence-corrected chi connectivity index (χ0v) is 11.1. The molecule has 0 unspecified atom stereocenters. The van der Waals surface area contributed by atoms with Crippen LogP contribution in [0.25, 0.3) is 0 Å². The van der Waals surface area contributed by atoms with E-state index in [1.165, 1.54) is 12.1 Å². The second kappa shape index (κ2) is 6.02. The second-order valence-electron chi connectivity index (χ2n) is 3.83. The Kier molecular flexibility index (Phi) is 5.11. The van der Waals surface area contributed by atoms with Gasteiger partial charge >= 0.3 is 12.4 Å². The van der Waals surface area contributed by atoms with Gasteiger partial charge in [-0.2, -0.15) is 26.3 Å². The van der Waals surface area contributed by atoms with E-state index in [2.05, 4.69) is 21.2 Å². The number of anilines is 1. The fourth-order valence-corrected chi connectivity index (χ4v) is 1.78. The molecule has 0 saturated heterocycles. The maximum absolute atomic E-state index is 12.6. The predicted octanol–water partition coefficient (Wildman–Crippen LogP) is 5.22. The number of benzene rings is 1. The molecule has 0 spiro atoms. The third kappa shape index (κ3) is 5.71. The molecule has 0 aliphatic carbocycles. The predicted molar refractivity (Wildman–Crippen MR) is 62.9 cm³/mol. The zero-order chi connectivity index (χ0) is 14.7. The molecule has 0 amide bonds. The van der Waals surface area contributed by atoms with E-state index in [0.29, 0.717) is 4.47 Å². The number of nitrogens with one attached hydrogen (secondary N) is 1. The van der Waals surface area contributed by atoms with Gasteiger partial charge < -0.3 is 5.32 Å². The molecular weight excluding hydrogens is 340 g/mol. The molecule has 1 rings (SSSR count). The highest BCUT2D eigenvalue weighted by Crippen LogP contribution is 2.36. The summed E-state index contributed by atoms with van der Waals surface area (Å²) in [4.78, 5) is 0. The molecular formula is C11H10BrF6N. The maximum Gasteiger partial charge on any atom is 0.418 e. The van der Waals surface area contributed by atoms with E-state index >= 15 is 0 Å². The van der Waals surface area contributed by atoms with Crippen molar-refractivity contribution in [3.63, 3.8) is 0 Å². The molecule has 0 atom stereocenters. The van der Waals surface area contributed by atoms with Crippen molar-refractivity contribution >= 4 is 21.6 Å². The molecule has 1 aromatic rings. The number of hydrogen-bond acceptors (Lipinski definition) is 1. The number of halogens is 7. The first-order valence-electron chi connectivity index (χ1n) is 5.27. The molecule has 1 aromatic carbocycles. The minimum atomic E-state index is -4.55. The first-order valence-corrected chi connectivity index (χ1v) is 6.06. The van der Waals surface area contributed by atoms with Gasteiger partial charge in [-0.1, -0.05) is 15.9 Å². The van der Waals surface area contributed by atoms with Crippen molar-refractivity contribution < 1.29 is 26.3 Å². The highest BCUT2D eigenvalue weighted by Gasteiger charge is 2.33. The van der Waals surface area contributed by atoms with Crippen molar-refractivity contribution in [2.24, 2.45) is 0 Å². The van der Waals surface area contributed by atoms with Crippen LogP contribution in [0, 0.1) is 0 Å². The normalized spacial score (nSPS) is 12.6. The van der Waals surface area contributed by atoms with E-state index in [9.17, 15) is 26.3 Å². The van der Waals surface area contributed by atoms with Crippen LogP contribution in [-0.4, -0.2) is 12.7 Å². The number of hydrogen-bond donors (Lipinski definition) is 1. The third-order valence-electron chi connectivity index (χ3n) is 2.24. The van der Waals surface area contributed by atoms with E-state index in [0.717, 1.165) is 6.07 Å². The monoisotopic (exact) mass is 349 g/mol. The maximum atomic E-state index is 12.6. The van der Waals surface area contributed by atoms with E-state index in [1.54, 1.807) is 0 Å². The molecule has 0 aliphatic heterocycles. The van der Waals surface area contributed by atoms with E-state index in [1.807, 2.05) is 0 Å². The average molecular weight is 350 g/mol. The first kappa shape index (κ1) is 16.1. The van der Waals surface area contributed by atoms with Gasteiger partial charge in [0.15, 0.2) is 0 Å². The van der Waals surface area contributed by atoms with Crippen molar-refractivity contribution in [1.29, 1.82) is 0 Å². The highest BCUT2D eigenvalue weighted by atomic mass is 79.9. The van der Waals surface area contributed by atoms with Gasteiger partial charge in [0.1, 0.15) is 0 Å². The van der Waals surface area contributed by atoms with Gasteiger partial charge in [-0.05, 0) is 24.6 Å². The summed E-state index contributed by atoms with van der Waals surface area (Å²) >= 11 is 3.02. The SMILES string of the molecule is FC(F)(F)CCCNc1cc(Br)ccc1C(F)(F)F. The Hall–Kier alpha value is -0.920. The van der Waals surface area contributed by atoms with Gasteiger partial charge in [0.25, 0.3) is 0 Å². The quantitative estimate of drug-likeness (QED) is 0.580. The fourth-order valence-electron chi connectivity index (χ4n) is 1.42. The Balaban J connectivity index is 2.69. The van der Waals surface area contributed by atoms with Gasteiger partial charge in [-0.15, -0.1) is 0 Å². The van der Waals surface area contributed by atoms with Crippen LogP contribution in [0.1, 0.15) is 18.4 Å². The van der Waals surface area contributed by atoms with Gasteiger partial charge in [-0.3, -0.25) is 0 Å². The van der Waals surface area contributed by atoms with Gasteiger partial charge in [-0.25, -0.2) is 0 Å². The van der Waals surface area contributed by atoms with Crippen molar-refractivity contribution in [2.45, 2.75) is 25.2 Å². The molecule has 0 saturated carbocycles. The molecule has 0 heterocycles. The topological polar surface area (TPSA) is 12.0 Å². The summed E-state index contributed by atoms with van der Waals surface area (Å²) in [5, 5.41) is 2.38. The molecule has 0 bridgehead atoms. The lowest BCUT2D eigenvalue weighted by Gasteiger charge is -2.15. The molecule has 0 radical (unpaired) electrons. The lowest BCUT2D eigenvalue weighted by Crippen LogP contribution is -2.14. The van der Waals surface area contributed by atoms with Gasteiger partial charge in [0.2, 0.25) is 0 Å². The molecule has 1 nitrogen and oxygen atoms in total. The van der Waals surface area contributed by atoms with Crippen LogP contribution in [0.2, 0.25) is 0 Å². The Morgan fingerprint density at radius 2 is 1.68 bits per heavy atom. The molecule has 108 valence electrons. The minimum absolute atomic E-state index is 0.182. The van der Waals surface area contributed by atoms with E-state index in [-0.39, 0.29) is 18.7 Å². The van der Waals surface area contributed by atoms with Crippen LogP contribution in [0.15, 0.2) is 22.7 Å². The lowest BCUT2D eigenvalue weighted by molar-refractivity contribution is -0.137. The molecule has 0 aromatic heterocycles. The molecule has 1 N–H and O–H groups in total. The van der Waals surface area contributed by atoms with E-state index < -0.39 is 24.3 Å². The highest BCUT2D eigenvalue weighted by molar-refractivity contribution is 9.10. The summed E-state index contributed by atoms with van der Waals surface area (Å²) < 4.78 is 74.0. The molecule has 19 heavy (non-hydrogen) atoms. The van der Waals surface area contributed by atoms with Crippen LogP contribution in [0.4, 0.5) is 32.0 Å². The van der Waals surface area contributed by atoms with Crippen molar-refractivity contribution in [3.8, 4) is 0 Å². The average Bonchev–Trinajstić information content (AvgIpc) is 2.21. The van der Waals surface area contributed by atoms with Gasteiger partial charge in [0, 0.05) is 23.1 Å². The summed E-state index contributed by atoms with van der Waals surface area (Å²) in [7, 11) is 0. The van der Waals surface area contributed by atoms with Gasteiger partial charge in [0.05, 0.1) is 5.56 Å². The van der Waals surface area contributed by atoms with Crippen LogP contribution in [0.5, 0.6) is 0 Å². The lowest BCUT2D eigenvalue weighted by atomic mass is 10.1. The summed E-state index contributed by atoms with van der Waals surface area (Å²) in [6.45, 7) is -0.182. The summed E-state index contributed by atoms with van der Waals surface area (Å²) in [6.07, 6.45) is -10.2. The Labute approximate surface area is 114 Å². The molecule has 0 fully saturated rings. The third-order valence-corrected chi connectivity index (χ3v) is 2.73. The summed E-state index contributed by atoms with van der Waals surface area (Å²) in [5.74, 6) is 0. The Morgan fingerprint density at radius 1 is 1.05 bits per heavy atom. The summed E-state index contributed by atoms with van der Waals surface area (Å²) in [6, 6.07) is 3.29. The molecule has 0 aliphatic rings. The van der Waals surface area contributed by atoms with Crippen LogP contribution in [-0.2, 0) is 6.18 Å². The van der Waals surface area contributed by atoms with Crippen molar-refractivity contribution in [1.82, 2.24) is 0 Å².